The van der Waals surface area contributed by atoms with Gasteiger partial charge >= 0.3 is 6.09 Å². The van der Waals surface area contributed by atoms with E-state index in [1.807, 2.05) is 42.5 Å². The molecular formula is C23H23N3O4S. The van der Waals surface area contributed by atoms with Crippen LogP contribution in [0.15, 0.2) is 42.5 Å². The van der Waals surface area contributed by atoms with E-state index >= 15 is 0 Å². The van der Waals surface area contributed by atoms with Gasteiger partial charge in [0.15, 0.2) is 0 Å². The highest BCUT2D eigenvalue weighted by atomic mass is 32.1. The third kappa shape index (κ3) is 4.25. The average molecular weight is 438 g/mol. The van der Waals surface area contributed by atoms with E-state index in [0.717, 1.165) is 26.8 Å². The average Bonchev–Trinajstić information content (AvgIpc) is 3.11. The topological polar surface area (TPSA) is 102 Å². The number of ether oxygens (including phenoxy) is 1. The summed E-state index contributed by atoms with van der Waals surface area (Å²) in [6.45, 7) is 2.83. The number of anilines is 1. The van der Waals surface area contributed by atoms with Crippen LogP contribution in [0, 0.1) is 0 Å². The smallest absolute Gasteiger partial charge is 0.410 e. The first kappa shape index (κ1) is 20.9. The molecule has 3 N–H and O–H groups in total. The maximum atomic E-state index is 12.8. The van der Waals surface area contributed by atoms with Crippen LogP contribution in [0.3, 0.4) is 0 Å². The zero-order valence-corrected chi connectivity index (χ0v) is 18.0. The van der Waals surface area contributed by atoms with Crippen molar-refractivity contribution >= 4 is 45.0 Å². The lowest BCUT2D eigenvalue weighted by molar-refractivity contribution is -0.115. The van der Waals surface area contributed by atoms with Gasteiger partial charge in [0.05, 0.1) is 25.1 Å². The molecule has 0 aliphatic carbocycles. The molecule has 160 valence electrons. The Morgan fingerprint density at radius 2 is 1.94 bits per heavy atom. The number of hydrogen-bond acceptors (Lipinski definition) is 5. The van der Waals surface area contributed by atoms with Gasteiger partial charge in [-0.25, -0.2) is 4.79 Å². The lowest BCUT2D eigenvalue weighted by Crippen LogP contribution is -2.36. The summed E-state index contributed by atoms with van der Waals surface area (Å²) in [5.74, 6) is -0.803. The minimum Gasteiger partial charge on any atom is -0.450 e. The maximum absolute atomic E-state index is 12.8. The number of nitrogens with one attached hydrogen (secondary N) is 1. The van der Waals surface area contributed by atoms with Crippen LogP contribution in [-0.2, 0) is 28.9 Å². The summed E-state index contributed by atoms with van der Waals surface area (Å²) in [6, 6.07) is 13.7. The molecule has 7 nitrogen and oxygen atoms in total. The molecule has 1 aliphatic rings. The van der Waals surface area contributed by atoms with Crippen LogP contribution >= 0.6 is 11.3 Å². The fourth-order valence-corrected chi connectivity index (χ4v) is 5.20. The zero-order chi connectivity index (χ0) is 22.0. The van der Waals surface area contributed by atoms with E-state index in [9.17, 15) is 14.4 Å². The van der Waals surface area contributed by atoms with Crippen LogP contribution in [0.25, 0.3) is 10.8 Å². The summed E-state index contributed by atoms with van der Waals surface area (Å²) in [5, 5.41) is 5.40. The number of nitrogens with two attached hydrogens (primary N) is 1. The van der Waals surface area contributed by atoms with Crippen molar-refractivity contribution in [3.05, 3.63) is 64.0 Å². The van der Waals surface area contributed by atoms with Crippen LogP contribution in [0.4, 0.5) is 9.80 Å². The molecule has 2 aromatic carbocycles. The largest absolute Gasteiger partial charge is 0.450 e. The van der Waals surface area contributed by atoms with Crippen LogP contribution in [0.5, 0.6) is 0 Å². The van der Waals surface area contributed by atoms with E-state index in [2.05, 4.69) is 5.32 Å². The molecule has 1 aromatic heterocycles. The first-order valence-electron chi connectivity index (χ1n) is 10.1. The summed E-state index contributed by atoms with van der Waals surface area (Å²) in [7, 11) is 0. The van der Waals surface area contributed by atoms with Crippen molar-refractivity contribution in [1.82, 2.24) is 4.90 Å². The lowest BCUT2D eigenvalue weighted by Gasteiger charge is -2.26. The van der Waals surface area contributed by atoms with Gasteiger partial charge in [0, 0.05) is 11.4 Å². The van der Waals surface area contributed by atoms with Gasteiger partial charge < -0.3 is 20.7 Å². The van der Waals surface area contributed by atoms with E-state index in [1.165, 1.54) is 11.3 Å². The molecule has 0 radical (unpaired) electrons. The molecule has 3 aromatic rings. The van der Waals surface area contributed by atoms with Gasteiger partial charge in [0.25, 0.3) is 5.91 Å². The number of carbonyl (C=O) groups is 3. The predicted octanol–water partition coefficient (Wildman–Crippen LogP) is 3.70. The SMILES string of the molecule is CCOC(=O)N1CCc2c(sc(NC(=O)Cc3cccc4ccccc34)c2C(N)=O)C1. The molecular weight excluding hydrogens is 414 g/mol. The second-order valence-corrected chi connectivity index (χ2v) is 8.41. The molecule has 0 spiro atoms. The third-order valence-electron chi connectivity index (χ3n) is 5.31. The molecule has 0 atom stereocenters. The summed E-state index contributed by atoms with van der Waals surface area (Å²) in [6.07, 6.45) is 0.280. The summed E-state index contributed by atoms with van der Waals surface area (Å²) >= 11 is 1.29. The van der Waals surface area contributed by atoms with Crippen molar-refractivity contribution < 1.29 is 19.1 Å². The number of primary amides is 1. The van der Waals surface area contributed by atoms with E-state index < -0.39 is 5.91 Å². The number of rotatable bonds is 5. The predicted molar refractivity (Wildman–Crippen MR) is 120 cm³/mol. The first-order valence-corrected chi connectivity index (χ1v) is 10.9. The summed E-state index contributed by atoms with van der Waals surface area (Å²) in [5.41, 5.74) is 7.69. The van der Waals surface area contributed by atoms with E-state index in [-0.39, 0.29) is 18.4 Å². The molecule has 2 heterocycles. The Labute approximate surface area is 183 Å². The molecule has 0 bridgehead atoms. The molecule has 0 saturated carbocycles. The number of amides is 3. The molecule has 0 fully saturated rings. The van der Waals surface area contributed by atoms with Gasteiger partial charge in [-0.2, -0.15) is 0 Å². The van der Waals surface area contributed by atoms with Crippen LogP contribution in [0.2, 0.25) is 0 Å². The van der Waals surface area contributed by atoms with Crippen molar-refractivity contribution in [2.24, 2.45) is 5.73 Å². The lowest BCUT2D eigenvalue weighted by atomic mass is 10.0. The number of thiophene rings is 1. The van der Waals surface area contributed by atoms with E-state index in [1.54, 1.807) is 11.8 Å². The fraction of sp³-hybridized carbons (Fsp3) is 0.261. The standard InChI is InChI=1S/C23H23N3O4S/c1-2-30-23(29)26-11-10-17-18(13-26)31-22(20(17)21(24)28)25-19(27)12-15-8-5-7-14-6-3-4-9-16(14)15/h3-9H,2,10-13H2,1H3,(H2,24,28)(H,25,27). The van der Waals surface area contributed by atoms with Crippen molar-refractivity contribution in [3.8, 4) is 0 Å². The number of benzene rings is 2. The Morgan fingerprint density at radius 1 is 1.16 bits per heavy atom. The first-order chi connectivity index (χ1) is 15.0. The van der Waals surface area contributed by atoms with Gasteiger partial charge in [-0.1, -0.05) is 42.5 Å². The second kappa shape index (κ2) is 8.77. The Balaban J connectivity index is 1.56. The van der Waals surface area contributed by atoms with Gasteiger partial charge in [0.1, 0.15) is 5.00 Å². The number of carbonyl (C=O) groups excluding carboxylic acids is 3. The van der Waals surface area contributed by atoms with Gasteiger partial charge in [-0.05, 0) is 35.2 Å². The number of nitrogens with zero attached hydrogens (tertiary/aromatic N) is 1. The Bertz CT molecular complexity index is 1170. The third-order valence-corrected chi connectivity index (χ3v) is 6.45. The monoisotopic (exact) mass is 437 g/mol. The van der Waals surface area contributed by atoms with E-state index in [0.29, 0.717) is 36.7 Å². The molecule has 0 unspecified atom stereocenters. The minimum atomic E-state index is -0.581. The fourth-order valence-electron chi connectivity index (χ4n) is 3.91. The van der Waals surface area contributed by atoms with Gasteiger partial charge in [0.2, 0.25) is 5.91 Å². The number of hydrogen-bond donors (Lipinski definition) is 2. The van der Waals surface area contributed by atoms with E-state index in [4.69, 9.17) is 10.5 Å². The Morgan fingerprint density at radius 3 is 2.71 bits per heavy atom. The summed E-state index contributed by atoms with van der Waals surface area (Å²) < 4.78 is 5.08. The highest BCUT2D eigenvalue weighted by Gasteiger charge is 2.30. The number of fused-ring (bicyclic) bond motifs is 2. The van der Waals surface area contributed by atoms with Crippen LogP contribution in [0.1, 0.15) is 33.3 Å². The second-order valence-electron chi connectivity index (χ2n) is 7.31. The van der Waals surface area contributed by atoms with Gasteiger partial charge in [-0.15, -0.1) is 11.3 Å². The highest BCUT2D eigenvalue weighted by Crippen LogP contribution is 2.37. The quantitative estimate of drug-likeness (QED) is 0.635. The molecule has 31 heavy (non-hydrogen) atoms. The molecule has 4 rings (SSSR count). The van der Waals surface area contributed by atoms with Crippen molar-refractivity contribution in [1.29, 1.82) is 0 Å². The van der Waals surface area contributed by atoms with Crippen molar-refractivity contribution in [3.63, 3.8) is 0 Å². The zero-order valence-electron chi connectivity index (χ0n) is 17.1. The highest BCUT2D eigenvalue weighted by molar-refractivity contribution is 7.17. The molecule has 1 aliphatic heterocycles. The minimum absolute atomic E-state index is 0.178. The van der Waals surface area contributed by atoms with Gasteiger partial charge in [-0.3, -0.25) is 9.59 Å². The molecule has 8 heteroatoms. The van der Waals surface area contributed by atoms with Crippen molar-refractivity contribution in [2.45, 2.75) is 26.3 Å². The normalized spacial score (nSPS) is 13.0. The van der Waals surface area contributed by atoms with Crippen LogP contribution < -0.4 is 11.1 Å². The Kier molecular flexibility index (Phi) is 5.90. The van der Waals surface area contributed by atoms with Crippen molar-refractivity contribution in [2.75, 3.05) is 18.5 Å². The Hall–Kier alpha value is -3.39. The summed E-state index contributed by atoms with van der Waals surface area (Å²) in [4.78, 5) is 39.5. The van der Waals surface area contributed by atoms with Crippen LogP contribution in [-0.4, -0.2) is 36.0 Å². The molecule has 3 amide bonds. The maximum Gasteiger partial charge on any atom is 0.410 e. The molecule has 0 saturated heterocycles.